The maximum atomic E-state index is 12.0. The average molecular weight is 437 g/mol. The van der Waals surface area contributed by atoms with E-state index in [1.165, 1.54) is 11.1 Å². The molecule has 31 heavy (non-hydrogen) atoms. The maximum Gasteiger partial charge on any atom is 0.379 e. The second kappa shape index (κ2) is 11.2. The molecule has 1 aliphatic rings. The van der Waals surface area contributed by atoms with Crippen LogP contribution in [-0.2, 0) is 27.9 Å². The Kier molecular flexibility index (Phi) is 8.92. The Bertz CT molecular complexity index is 838. The molecule has 0 heterocycles. The minimum atomic E-state index is -3.67. The Labute approximate surface area is 182 Å². The number of nitrogens with zero attached hydrogens (tertiary/aromatic N) is 1. The van der Waals surface area contributed by atoms with Crippen molar-refractivity contribution in [3.63, 3.8) is 0 Å². The molecule has 3 rings (SSSR count). The molecule has 4 nitrogen and oxygen atoms in total. The van der Waals surface area contributed by atoms with Crippen LogP contribution in [0.15, 0.2) is 48.5 Å². The molecule has 0 saturated heterocycles. The summed E-state index contributed by atoms with van der Waals surface area (Å²) in [6.07, 6.45) is 1.46. The van der Waals surface area contributed by atoms with Gasteiger partial charge in [0.15, 0.2) is 0 Å². The molecule has 0 saturated carbocycles. The van der Waals surface area contributed by atoms with Gasteiger partial charge in [0.1, 0.15) is 0 Å². The van der Waals surface area contributed by atoms with Gasteiger partial charge >= 0.3 is 6.68 Å². The highest BCUT2D eigenvalue weighted by atomic mass is 19.4. The first-order valence-electron chi connectivity index (χ1n) is 10.2. The number of carbonyl (C=O) groups is 1. The molecule has 1 aliphatic carbocycles. The number of hydrogen-bond donors (Lipinski definition) is 1. The molecular formula is C24H31F3N2O2. The molecule has 0 aliphatic heterocycles. The topological polar surface area (TPSA) is 41.6 Å². The second-order valence-corrected chi connectivity index (χ2v) is 8.22. The van der Waals surface area contributed by atoms with Crippen molar-refractivity contribution in [3.05, 3.63) is 65.2 Å². The van der Waals surface area contributed by atoms with Crippen LogP contribution in [0.5, 0.6) is 0 Å². The third kappa shape index (κ3) is 6.99. The van der Waals surface area contributed by atoms with Crippen molar-refractivity contribution in [1.29, 1.82) is 0 Å². The molecule has 1 N–H and O–H groups in total. The highest BCUT2D eigenvalue weighted by Gasteiger charge is 2.38. The lowest BCUT2D eigenvalue weighted by Gasteiger charge is -2.30. The zero-order valence-electron chi connectivity index (χ0n) is 18.5. The third-order valence-electron chi connectivity index (χ3n) is 5.67. The summed E-state index contributed by atoms with van der Waals surface area (Å²) in [5.41, 5.74) is 5.23. The SMILES string of the molecule is COCCC(=O)N(C)Cc1ccc(NC2Cc3ccccc3C2(C)C)cc1.FC(F)F. The van der Waals surface area contributed by atoms with Crippen LogP contribution < -0.4 is 5.32 Å². The lowest BCUT2D eigenvalue weighted by atomic mass is 9.83. The number of ether oxygens (including phenoxy) is 1. The van der Waals surface area contributed by atoms with Gasteiger partial charge in [0, 0.05) is 37.8 Å². The van der Waals surface area contributed by atoms with Crippen LogP contribution in [0.25, 0.3) is 0 Å². The number of benzene rings is 2. The molecule has 0 fully saturated rings. The quantitative estimate of drug-likeness (QED) is 0.651. The fraction of sp³-hybridized carbons (Fsp3) is 0.458. The monoisotopic (exact) mass is 436 g/mol. The summed E-state index contributed by atoms with van der Waals surface area (Å²) in [7, 11) is 3.45. The standard InChI is InChI=1S/C23H30N2O2.CHF3/c1-23(2)20-8-6-5-7-18(20)15-21(23)24-19-11-9-17(10-12-19)16-25(3)22(26)13-14-27-4;2-1(3)4/h5-12,21,24H,13-16H2,1-4H3;1H. The number of nitrogens with one attached hydrogen (secondary N) is 1. The predicted molar refractivity (Wildman–Crippen MR) is 117 cm³/mol. The van der Waals surface area contributed by atoms with Crippen LogP contribution in [0, 0.1) is 0 Å². The van der Waals surface area contributed by atoms with Crippen LogP contribution in [0.1, 0.15) is 37.0 Å². The number of methoxy groups -OCH3 is 1. The minimum absolute atomic E-state index is 0.100. The third-order valence-corrected chi connectivity index (χ3v) is 5.67. The first-order valence-corrected chi connectivity index (χ1v) is 10.2. The van der Waals surface area contributed by atoms with Crippen molar-refractivity contribution >= 4 is 11.6 Å². The van der Waals surface area contributed by atoms with E-state index < -0.39 is 6.68 Å². The van der Waals surface area contributed by atoms with Crippen molar-refractivity contribution in [2.24, 2.45) is 0 Å². The highest BCUT2D eigenvalue weighted by molar-refractivity contribution is 5.76. The summed E-state index contributed by atoms with van der Waals surface area (Å²) in [6, 6.07) is 17.5. The maximum absolute atomic E-state index is 12.0. The van der Waals surface area contributed by atoms with Crippen LogP contribution in [0.3, 0.4) is 0 Å². The van der Waals surface area contributed by atoms with E-state index in [0.29, 0.717) is 25.6 Å². The van der Waals surface area contributed by atoms with E-state index in [0.717, 1.165) is 17.7 Å². The summed E-state index contributed by atoms with van der Waals surface area (Å²) < 4.78 is 34.0. The molecule has 0 aromatic heterocycles. The minimum Gasteiger partial charge on any atom is -0.384 e. The molecule has 0 radical (unpaired) electrons. The largest absolute Gasteiger partial charge is 0.384 e. The van der Waals surface area contributed by atoms with Gasteiger partial charge in [0.25, 0.3) is 0 Å². The van der Waals surface area contributed by atoms with E-state index in [9.17, 15) is 18.0 Å². The molecule has 0 bridgehead atoms. The van der Waals surface area contributed by atoms with Gasteiger partial charge in [-0.15, -0.1) is 0 Å². The first-order chi connectivity index (χ1) is 14.6. The Morgan fingerprint density at radius 2 is 1.77 bits per heavy atom. The number of rotatable bonds is 7. The first kappa shape index (κ1) is 24.7. The number of fused-ring (bicyclic) bond motifs is 1. The van der Waals surface area contributed by atoms with Gasteiger partial charge in [0.05, 0.1) is 13.0 Å². The molecule has 0 spiro atoms. The van der Waals surface area contributed by atoms with Crippen LogP contribution in [0.4, 0.5) is 18.9 Å². The number of alkyl halides is 3. The Morgan fingerprint density at radius 3 is 2.35 bits per heavy atom. The van der Waals surface area contributed by atoms with Crippen LogP contribution in [-0.4, -0.2) is 44.3 Å². The molecular weight excluding hydrogens is 405 g/mol. The molecule has 1 amide bonds. The molecule has 170 valence electrons. The van der Waals surface area contributed by atoms with Gasteiger partial charge in [-0.1, -0.05) is 50.2 Å². The van der Waals surface area contributed by atoms with Crippen molar-refractivity contribution in [1.82, 2.24) is 4.90 Å². The Balaban J connectivity index is 0.000000785. The van der Waals surface area contributed by atoms with E-state index in [2.05, 4.69) is 67.7 Å². The predicted octanol–water partition coefficient (Wildman–Crippen LogP) is 5.17. The highest BCUT2D eigenvalue weighted by Crippen LogP contribution is 2.39. The molecule has 1 unspecified atom stereocenters. The average Bonchev–Trinajstić information content (AvgIpc) is 2.97. The smallest absolute Gasteiger partial charge is 0.379 e. The van der Waals surface area contributed by atoms with Gasteiger partial charge in [0.2, 0.25) is 5.91 Å². The zero-order valence-corrected chi connectivity index (χ0v) is 18.5. The zero-order chi connectivity index (χ0) is 23.0. The summed E-state index contributed by atoms with van der Waals surface area (Å²) >= 11 is 0. The molecule has 7 heteroatoms. The van der Waals surface area contributed by atoms with Crippen molar-refractivity contribution in [2.75, 3.05) is 26.1 Å². The fourth-order valence-electron chi connectivity index (χ4n) is 3.87. The van der Waals surface area contributed by atoms with E-state index in [1.807, 2.05) is 7.05 Å². The second-order valence-electron chi connectivity index (χ2n) is 8.22. The van der Waals surface area contributed by atoms with E-state index in [-0.39, 0.29) is 11.3 Å². The van der Waals surface area contributed by atoms with Crippen molar-refractivity contribution in [2.45, 2.75) is 51.4 Å². The van der Waals surface area contributed by atoms with Crippen LogP contribution >= 0.6 is 0 Å². The lowest BCUT2D eigenvalue weighted by Crippen LogP contribution is -2.36. The van der Waals surface area contributed by atoms with E-state index >= 15 is 0 Å². The van der Waals surface area contributed by atoms with Crippen LogP contribution in [0.2, 0.25) is 0 Å². The Hall–Kier alpha value is -2.54. The number of anilines is 1. The number of hydrogen-bond acceptors (Lipinski definition) is 3. The Morgan fingerprint density at radius 1 is 1.16 bits per heavy atom. The lowest BCUT2D eigenvalue weighted by molar-refractivity contribution is -0.131. The van der Waals surface area contributed by atoms with E-state index in [4.69, 9.17) is 4.74 Å². The van der Waals surface area contributed by atoms with Gasteiger partial charge in [-0.3, -0.25) is 4.79 Å². The number of carbonyl (C=O) groups excluding carboxylic acids is 1. The number of amides is 1. The van der Waals surface area contributed by atoms with Gasteiger partial charge in [-0.2, -0.15) is 13.2 Å². The van der Waals surface area contributed by atoms with Crippen molar-refractivity contribution in [3.8, 4) is 0 Å². The van der Waals surface area contributed by atoms with Gasteiger partial charge < -0.3 is 15.0 Å². The molecule has 1 atom stereocenters. The van der Waals surface area contributed by atoms with Gasteiger partial charge in [-0.25, -0.2) is 0 Å². The summed E-state index contributed by atoms with van der Waals surface area (Å²) in [6.45, 7) is 2.03. The molecule has 2 aromatic carbocycles. The van der Waals surface area contributed by atoms with Gasteiger partial charge in [-0.05, 0) is 35.2 Å². The normalized spacial score (nSPS) is 16.3. The van der Waals surface area contributed by atoms with Crippen molar-refractivity contribution < 1.29 is 22.7 Å². The summed E-state index contributed by atoms with van der Waals surface area (Å²) in [4.78, 5) is 13.8. The fourth-order valence-corrected chi connectivity index (χ4v) is 3.87. The summed E-state index contributed by atoms with van der Waals surface area (Å²) in [5, 5.41) is 3.71. The van der Waals surface area contributed by atoms with E-state index in [1.54, 1.807) is 12.0 Å². The molecule has 2 aromatic rings. The number of halogens is 3. The summed E-state index contributed by atoms with van der Waals surface area (Å²) in [5.74, 6) is 0.101.